The normalized spacial score (nSPS) is 13.8. The van der Waals surface area contributed by atoms with Crippen LogP contribution in [-0.4, -0.2) is 123 Å². The number of para-hydroxylation sites is 1. The van der Waals surface area contributed by atoms with E-state index < -0.39 is 70.7 Å². The number of ether oxygens (including phenoxy) is 1. The van der Waals surface area contributed by atoms with Crippen LogP contribution in [0.3, 0.4) is 0 Å². The number of esters is 1. The van der Waals surface area contributed by atoms with Gasteiger partial charge in [-0.3, -0.25) is 33.6 Å². The van der Waals surface area contributed by atoms with E-state index in [1.54, 1.807) is 61.5 Å². The number of aromatic amines is 1. The molecule has 0 bridgehead atoms. The van der Waals surface area contributed by atoms with Gasteiger partial charge in [-0.25, -0.2) is 9.59 Å². The Morgan fingerprint density at radius 1 is 0.758 bits per heavy atom. The van der Waals surface area contributed by atoms with Gasteiger partial charge in [0.25, 0.3) is 0 Å². The summed E-state index contributed by atoms with van der Waals surface area (Å²) in [6.07, 6.45) is 1.53. The van der Waals surface area contributed by atoms with Gasteiger partial charge < -0.3 is 46.6 Å². The van der Waals surface area contributed by atoms with Crippen molar-refractivity contribution in [1.82, 2.24) is 41.6 Å². The van der Waals surface area contributed by atoms with Gasteiger partial charge in [0, 0.05) is 67.3 Å². The molecule has 1 aliphatic heterocycles. The van der Waals surface area contributed by atoms with Crippen LogP contribution in [0.5, 0.6) is 0 Å². The standard InChI is InChI=1S/C68H88N10O11.C2H6/c1-40(2)51(37-48(79)30-31-56(81)78-38-46-20-13-14-22-49(46)58-59(75-76-74-58)50-23-15-16-25-53(50)78)62(83)72-52(24-18-32-71-66(69)88)55(80)35-43-26-28-44(29-27-43)39-89-57(82)36-45-19-17-21-47(34-45)68(9,10)60(70-11)63(84)73-61(67(6,7)8)64(85)77(12)54(41(3)4)33-42(5)65(86)87;1-2/h13-17,19-23,25-29,33-34,40-41,51-52,54,60-61,70H,18,24,30-32,35-39H2,1-12H3,(H,72,83)(H,73,84)(H,86,87)(H3,69,71,88)(H,74,75,76);1-2H3/b42-33+;/t51-,52-,54+,60+,61+;/m0./s1. The van der Waals surface area contributed by atoms with E-state index in [4.69, 9.17) is 10.5 Å². The van der Waals surface area contributed by atoms with Gasteiger partial charge in [-0.15, -0.1) is 0 Å². The number of hydrogen-bond donors (Lipinski definition) is 7. The molecule has 5 aromatic rings. The number of urea groups is 1. The minimum atomic E-state index is -1.08. The molecule has 4 aromatic carbocycles. The Morgan fingerprint density at radius 3 is 2.00 bits per heavy atom. The van der Waals surface area contributed by atoms with Crippen molar-refractivity contribution in [2.45, 2.75) is 171 Å². The first kappa shape index (κ1) is 72.9. The predicted octanol–water partition coefficient (Wildman–Crippen LogP) is 8.96. The summed E-state index contributed by atoms with van der Waals surface area (Å²) >= 11 is 0. The molecule has 1 aliphatic rings. The number of carbonyl (C=O) groups is 9. The number of anilines is 1. The molecule has 6 amide bonds. The highest BCUT2D eigenvalue weighted by Crippen LogP contribution is 2.40. The van der Waals surface area contributed by atoms with Crippen molar-refractivity contribution in [3.63, 3.8) is 0 Å². The van der Waals surface area contributed by atoms with Crippen LogP contribution >= 0.6 is 0 Å². The Bertz CT molecular complexity index is 3400. The molecule has 1 aromatic heterocycles. The molecular weight excluding hydrogens is 1160 g/mol. The van der Waals surface area contributed by atoms with Crippen LogP contribution in [0.1, 0.15) is 143 Å². The van der Waals surface area contributed by atoms with Gasteiger partial charge in [0.05, 0.1) is 36.8 Å². The van der Waals surface area contributed by atoms with Crippen LogP contribution in [0, 0.1) is 23.2 Å². The second-order valence-corrected chi connectivity index (χ2v) is 25.3. The summed E-state index contributed by atoms with van der Waals surface area (Å²) in [5.41, 5.74) is 10.8. The predicted molar refractivity (Wildman–Crippen MR) is 351 cm³/mol. The summed E-state index contributed by atoms with van der Waals surface area (Å²) in [6.45, 7) is 22.6. The maximum atomic E-state index is 14.3. The molecule has 91 heavy (non-hydrogen) atoms. The highest BCUT2D eigenvalue weighted by atomic mass is 16.5. The molecule has 8 N–H and O–H groups in total. The van der Waals surface area contributed by atoms with Crippen molar-refractivity contribution in [2.75, 3.05) is 25.5 Å². The topological polar surface area (TPSA) is 305 Å². The van der Waals surface area contributed by atoms with Crippen molar-refractivity contribution >= 4 is 58.9 Å². The van der Waals surface area contributed by atoms with Gasteiger partial charge in [0.1, 0.15) is 29.8 Å². The van der Waals surface area contributed by atoms with E-state index in [9.17, 15) is 48.3 Å². The molecule has 5 atom stereocenters. The first-order chi connectivity index (χ1) is 43.0. The lowest BCUT2D eigenvalue weighted by Crippen LogP contribution is -2.61. The quantitative estimate of drug-likeness (QED) is 0.0134. The number of nitrogens with two attached hydrogens (primary N) is 1. The van der Waals surface area contributed by atoms with Gasteiger partial charge >= 0.3 is 18.0 Å². The summed E-state index contributed by atoms with van der Waals surface area (Å²) in [7, 11) is 3.27. The Kier molecular flexibility index (Phi) is 26.7. The van der Waals surface area contributed by atoms with Gasteiger partial charge in [-0.05, 0) is 77.9 Å². The monoisotopic (exact) mass is 1250 g/mol. The van der Waals surface area contributed by atoms with Crippen LogP contribution in [0.2, 0.25) is 0 Å². The molecule has 0 fully saturated rings. The third kappa shape index (κ3) is 19.8. The summed E-state index contributed by atoms with van der Waals surface area (Å²) in [5, 5.41) is 32.7. The number of aromatic nitrogens is 3. The number of carbonyl (C=O) groups excluding carboxylic acids is 8. The molecule has 0 aliphatic carbocycles. The van der Waals surface area contributed by atoms with Gasteiger partial charge in [0.2, 0.25) is 23.6 Å². The van der Waals surface area contributed by atoms with Gasteiger partial charge in [-0.2, -0.15) is 15.4 Å². The number of Topliss-reactive ketones (excluding diaryl/α,β-unsaturated/α-hetero) is 2. The van der Waals surface area contributed by atoms with Crippen LogP contribution in [0.15, 0.2) is 109 Å². The molecule has 21 nitrogen and oxygen atoms in total. The smallest absolute Gasteiger partial charge is 0.331 e. The third-order valence-corrected chi connectivity index (χ3v) is 16.5. The largest absolute Gasteiger partial charge is 0.478 e. The van der Waals surface area contributed by atoms with Crippen LogP contribution in [-0.2, 0) is 74.5 Å². The molecule has 2 heterocycles. The second-order valence-electron chi connectivity index (χ2n) is 25.3. The lowest BCUT2D eigenvalue weighted by Gasteiger charge is -2.40. The number of carboxylic acid groups (broad SMARTS) is 1. The number of fused-ring (bicyclic) bond motifs is 5. The first-order valence-corrected chi connectivity index (χ1v) is 31.3. The number of benzene rings is 4. The average Bonchev–Trinajstić information content (AvgIpc) is 1.88. The fourth-order valence-electron chi connectivity index (χ4n) is 11.2. The fraction of sp³-hybridized carbons (Fsp3) is 0.471. The van der Waals surface area contributed by atoms with Gasteiger partial charge in [-0.1, -0.05) is 173 Å². The summed E-state index contributed by atoms with van der Waals surface area (Å²) in [4.78, 5) is 124. The van der Waals surface area contributed by atoms with E-state index >= 15 is 0 Å². The van der Waals surface area contributed by atoms with E-state index in [1.165, 1.54) is 11.8 Å². The number of H-pyrrole nitrogens is 1. The minimum absolute atomic E-state index is 0.0587. The lowest BCUT2D eigenvalue weighted by atomic mass is 9.76. The zero-order valence-corrected chi connectivity index (χ0v) is 55.3. The lowest BCUT2D eigenvalue weighted by molar-refractivity contribution is -0.144. The van der Waals surface area contributed by atoms with Crippen LogP contribution in [0.4, 0.5) is 10.5 Å². The minimum Gasteiger partial charge on any atom is -0.478 e. The number of ketones is 2. The maximum Gasteiger partial charge on any atom is 0.331 e. The Morgan fingerprint density at radius 2 is 1.38 bits per heavy atom. The van der Waals surface area contributed by atoms with E-state index in [2.05, 4.69) is 36.7 Å². The molecule has 0 spiro atoms. The Hall–Kier alpha value is -8.85. The summed E-state index contributed by atoms with van der Waals surface area (Å²) < 4.78 is 5.70. The zero-order chi connectivity index (χ0) is 67.5. The summed E-state index contributed by atoms with van der Waals surface area (Å²) in [6, 6.07) is 25.3. The van der Waals surface area contributed by atoms with Crippen molar-refractivity contribution in [1.29, 1.82) is 0 Å². The number of carboxylic acids is 1. The van der Waals surface area contributed by atoms with E-state index in [1.807, 2.05) is 137 Å². The Balaban J connectivity index is 0.00000744. The number of nitrogens with one attached hydrogen (secondary N) is 5. The third-order valence-electron chi connectivity index (χ3n) is 16.5. The number of nitrogens with zero attached hydrogens (tertiary/aromatic N) is 4. The number of aliphatic carboxylic acids is 1. The number of primary amides is 1. The molecule has 0 saturated carbocycles. The van der Waals surface area contributed by atoms with Crippen molar-refractivity contribution in [2.24, 2.45) is 28.9 Å². The molecule has 0 saturated heterocycles. The number of hydrogen-bond acceptors (Lipinski definition) is 13. The second kappa shape index (κ2) is 33.3. The van der Waals surface area contributed by atoms with Crippen LogP contribution < -0.4 is 31.9 Å². The number of rotatable bonds is 29. The molecule has 21 heteroatoms. The molecule has 490 valence electrons. The van der Waals surface area contributed by atoms with Crippen LogP contribution in [0.25, 0.3) is 22.5 Å². The average molecular weight is 1250 g/mol. The highest BCUT2D eigenvalue weighted by Gasteiger charge is 2.42. The summed E-state index contributed by atoms with van der Waals surface area (Å²) in [5.74, 6) is -4.96. The number of amides is 6. The molecular formula is C70H94N10O11. The Labute approximate surface area is 535 Å². The molecule has 0 radical (unpaired) electrons. The SMILES string of the molecule is CC.CN[C@H](C(=O)N[C@H](C(=O)N(C)[C@H](/C=C(\C)C(=O)O)C(C)C)C(C)(C)C)C(C)(C)c1cccc(CC(=O)OCc2ccc(CC(=O)[C@H](CCCNC(N)=O)NC(=O)[C@@H](CC(=O)CCC(=O)N3Cc4ccccc4-c4n[nH]nc4-c4ccccc43)C(C)C)cc2)c1. The van der Waals surface area contributed by atoms with E-state index in [-0.39, 0.29) is 99.0 Å². The van der Waals surface area contributed by atoms with Crippen molar-refractivity contribution in [3.05, 3.63) is 137 Å². The highest BCUT2D eigenvalue weighted by molar-refractivity contribution is 6.02. The maximum absolute atomic E-state index is 14.3. The van der Waals surface area contributed by atoms with E-state index in [0.29, 0.717) is 45.7 Å². The molecule has 0 unspecified atom stereocenters. The zero-order valence-electron chi connectivity index (χ0n) is 55.3. The van der Waals surface area contributed by atoms with Crippen molar-refractivity contribution < 1.29 is 53.0 Å². The van der Waals surface area contributed by atoms with E-state index in [0.717, 1.165) is 16.7 Å². The fourth-order valence-corrected chi connectivity index (χ4v) is 11.2. The first-order valence-electron chi connectivity index (χ1n) is 31.3. The number of likely N-dealkylation sites (N-methyl/N-ethyl adjacent to an activating group) is 2. The van der Waals surface area contributed by atoms with Gasteiger partial charge in [0.15, 0.2) is 5.78 Å². The molecule has 6 rings (SSSR count). The van der Waals surface area contributed by atoms with Crippen molar-refractivity contribution in [3.8, 4) is 22.5 Å².